The number of halogens is 1. The van der Waals surface area contributed by atoms with Crippen molar-refractivity contribution in [3.63, 3.8) is 0 Å². The summed E-state index contributed by atoms with van der Waals surface area (Å²) >= 11 is 6.15. The molecule has 3 aromatic carbocycles. The van der Waals surface area contributed by atoms with Crippen LogP contribution in [0.4, 0.5) is 5.69 Å². The fourth-order valence-electron chi connectivity index (χ4n) is 3.04. The van der Waals surface area contributed by atoms with Gasteiger partial charge in [0.15, 0.2) is 11.3 Å². The van der Waals surface area contributed by atoms with Gasteiger partial charge >= 0.3 is 0 Å². The number of nitrogens with zero attached hydrogens (tertiary/aromatic N) is 1. The molecule has 0 spiro atoms. The van der Waals surface area contributed by atoms with Crippen LogP contribution in [-0.4, -0.2) is 21.4 Å². The number of fused-ring (bicyclic) bond motifs is 1. The Morgan fingerprint density at radius 1 is 1.00 bits per heavy atom. The van der Waals surface area contributed by atoms with Crippen LogP contribution < -0.4 is 20.4 Å². The molecule has 33 heavy (non-hydrogen) atoms. The van der Waals surface area contributed by atoms with Crippen LogP contribution in [-0.2, 0) is 10.0 Å². The van der Waals surface area contributed by atoms with Gasteiger partial charge in [-0.1, -0.05) is 54.1 Å². The highest BCUT2D eigenvalue weighted by atomic mass is 35.5. The second-order valence-corrected chi connectivity index (χ2v) is 8.87. The summed E-state index contributed by atoms with van der Waals surface area (Å²) in [6.45, 7) is 0. The quantitative estimate of drug-likeness (QED) is 0.400. The molecule has 10 heteroatoms. The molecule has 8 nitrogen and oxygen atoms in total. The van der Waals surface area contributed by atoms with E-state index in [0.717, 1.165) is 0 Å². The van der Waals surface area contributed by atoms with E-state index < -0.39 is 15.9 Å². The van der Waals surface area contributed by atoms with Crippen LogP contribution in [0.5, 0.6) is 5.75 Å². The highest BCUT2D eigenvalue weighted by molar-refractivity contribution is 7.89. The molecule has 0 aliphatic rings. The van der Waals surface area contributed by atoms with E-state index in [1.165, 1.54) is 25.3 Å². The number of sulfonamides is 1. The molecule has 4 aromatic rings. The van der Waals surface area contributed by atoms with Crippen molar-refractivity contribution in [3.05, 3.63) is 95.0 Å². The molecule has 0 aliphatic carbocycles. The molecule has 2 N–H and O–H groups in total. The Morgan fingerprint density at radius 2 is 1.73 bits per heavy atom. The molecule has 0 unspecified atom stereocenters. The smallest absolute Gasteiger partial charge is 0.276 e. The molecule has 0 radical (unpaired) electrons. The lowest BCUT2D eigenvalue weighted by atomic mass is 10.1. The highest BCUT2D eigenvalue weighted by Crippen LogP contribution is 2.25. The van der Waals surface area contributed by atoms with Crippen molar-refractivity contribution in [2.45, 2.75) is 4.90 Å². The predicted octanol–water partition coefficient (Wildman–Crippen LogP) is 4.14. The second-order valence-electron chi connectivity index (χ2n) is 6.80. The Balaban J connectivity index is 1.83. The number of hydrogen-bond acceptors (Lipinski definition) is 6. The van der Waals surface area contributed by atoms with Gasteiger partial charge in [-0.15, -0.1) is 5.10 Å². The number of anilines is 1. The van der Waals surface area contributed by atoms with Crippen molar-refractivity contribution in [3.8, 4) is 5.75 Å². The van der Waals surface area contributed by atoms with Crippen molar-refractivity contribution in [1.29, 1.82) is 0 Å². The summed E-state index contributed by atoms with van der Waals surface area (Å²) in [5.74, 6) is -0.192. The van der Waals surface area contributed by atoms with Gasteiger partial charge in [-0.25, -0.2) is 0 Å². The molecule has 0 bridgehead atoms. The van der Waals surface area contributed by atoms with E-state index in [2.05, 4.69) is 15.2 Å². The minimum Gasteiger partial charge on any atom is -0.493 e. The predicted molar refractivity (Wildman–Crippen MR) is 124 cm³/mol. The zero-order valence-corrected chi connectivity index (χ0v) is 18.9. The van der Waals surface area contributed by atoms with Crippen molar-refractivity contribution < 1.29 is 22.4 Å². The summed E-state index contributed by atoms with van der Waals surface area (Å²) < 4.78 is 36.4. The molecule has 4 rings (SSSR count). The van der Waals surface area contributed by atoms with Crippen LogP contribution in [0, 0.1) is 0 Å². The lowest BCUT2D eigenvalue weighted by Gasteiger charge is -2.10. The first kappa shape index (κ1) is 22.4. The van der Waals surface area contributed by atoms with E-state index in [1.54, 1.807) is 60.7 Å². The summed E-state index contributed by atoms with van der Waals surface area (Å²) in [5, 5.41) is 7.50. The van der Waals surface area contributed by atoms with Gasteiger partial charge in [0.1, 0.15) is 5.56 Å². The van der Waals surface area contributed by atoms with E-state index in [0.29, 0.717) is 27.4 Å². The van der Waals surface area contributed by atoms with Gasteiger partial charge in [0.05, 0.1) is 22.7 Å². The van der Waals surface area contributed by atoms with Crippen LogP contribution in [0.2, 0.25) is 5.02 Å². The normalized spacial score (nSPS) is 11.9. The Bertz CT molecular complexity index is 1500. The molecule has 168 valence electrons. The van der Waals surface area contributed by atoms with Crippen molar-refractivity contribution in [2.24, 2.45) is 5.10 Å². The standard InChI is InChI=1S/C23H18ClN3O5S/c1-31-20-13-7-8-15-14-17(22(28)25-19-12-6-5-11-18(19)24)23(32-21(15)20)26-27-33(29,30)16-9-3-2-4-10-16/h2-14,27H,1H3,(H,25,28)/b26-23+. The zero-order valence-electron chi connectivity index (χ0n) is 17.3. The third kappa shape index (κ3) is 4.84. The molecule has 0 aliphatic heterocycles. The van der Waals surface area contributed by atoms with Crippen LogP contribution in [0.15, 0.2) is 93.3 Å². The number of carbonyl (C=O) groups is 1. The summed E-state index contributed by atoms with van der Waals surface area (Å²) in [6.07, 6.45) is 0. The molecule has 1 heterocycles. The maximum Gasteiger partial charge on any atom is 0.276 e. The number of nitrogens with one attached hydrogen (secondary N) is 2. The van der Waals surface area contributed by atoms with Crippen molar-refractivity contribution in [1.82, 2.24) is 4.83 Å². The topological polar surface area (TPSA) is 110 Å². The molecule has 0 fully saturated rings. The molecular formula is C23H18ClN3O5S. The summed E-state index contributed by atoms with van der Waals surface area (Å²) in [7, 11) is -2.53. The average Bonchev–Trinajstić information content (AvgIpc) is 2.83. The molecule has 0 atom stereocenters. The molecular weight excluding hydrogens is 466 g/mol. The SMILES string of the molecule is COc1cccc2cc(C(=O)Nc3ccccc3Cl)/c(=N\NS(=O)(=O)c3ccccc3)oc12. The third-order valence-corrected chi connectivity index (χ3v) is 6.20. The lowest BCUT2D eigenvalue weighted by Crippen LogP contribution is -2.27. The van der Waals surface area contributed by atoms with Gasteiger partial charge < -0.3 is 14.5 Å². The molecule has 0 saturated carbocycles. The van der Waals surface area contributed by atoms with E-state index in [9.17, 15) is 13.2 Å². The third-order valence-electron chi connectivity index (χ3n) is 4.65. The fourth-order valence-corrected chi connectivity index (χ4v) is 4.04. The number of methoxy groups -OCH3 is 1. The highest BCUT2D eigenvalue weighted by Gasteiger charge is 2.18. The van der Waals surface area contributed by atoms with Gasteiger partial charge in [0.25, 0.3) is 15.9 Å². The lowest BCUT2D eigenvalue weighted by molar-refractivity contribution is 0.102. The first-order valence-corrected chi connectivity index (χ1v) is 11.5. The van der Waals surface area contributed by atoms with E-state index in [1.807, 2.05) is 0 Å². The summed E-state index contributed by atoms with van der Waals surface area (Å²) in [6, 6.07) is 21.1. The van der Waals surface area contributed by atoms with Gasteiger partial charge in [-0.2, -0.15) is 13.2 Å². The van der Waals surface area contributed by atoms with Crippen molar-refractivity contribution in [2.75, 3.05) is 12.4 Å². The van der Waals surface area contributed by atoms with Gasteiger partial charge in [-0.05, 0) is 36.4 Å². The maximum absolute atomic E-state index is 13.1. The largest absolute Gasteiger partial charge is 0.493 e. The monoisotopic (exact) mass is 483 g/mol. The number of hydrogen-bond donors (Lipinski definition) is 2. The van der Waals surface area contributed by atoms with E-state index in [4.69, 9.17) is 20.8 Å². The average molecular weight is 484 g/mol. The maximum atomic E-state index is 13.1. The van der Waals surface area contributed by atoms with Gasteiger partial charge in [-0.3, -0.25) is 4.79 Å². The first-order chi connectivity index (χ1) is 15.9. The van der Waals surface area contributed by atoms with E-state index >= 15 is 0 Å². The molecule has 1 aromatic heterocycles. The minimum absolute atomic E-state index is 0.00793. The first-order valence-electron chi connectivity index (χ1n) is 9.66. The minimum atomic E-state index is -4.00. The summed E-state index contributed by atoms with van der Waals surface area (Å²) in [5.41, 5.74) is 0.417. The Morgan fingerprint density at radius 3 is 2.45 bits per heavy atom. The van der Waals surface area contributed by atoms with Gasteiger partial charge in [0.2, 0.25) is 5.55 Å². The van der Waals surface area contributed by atoms with Crippen LogP contribution in [0.1, 0.15) is 10.4 Å². The Kier molecular flexibility index (Phi) is 6.34. The number of para-hydroxylation sites is 2. The van der Waals surface area contributed by atoms with Crippen molar-refractivity contribution >= 4 is 44.2 Å². The fraction of sp³-hybridized carbons (Fsp3) is 0.0435. The number of rotatable bonds is 6. The number of carbonyl (C=O) groups excluding carboxylic acids is 1. The molecule has 1 amide bonds. The number of ether oxygens (including phenoxy) is 1. The zero-order chi connectivity index (χ0) is 23.4. The second kappa shape index (κ2) is 9.35. The van der Waals surface area contributed by atoms with Crippen LogP contribution >= 0.6 is 11.6 Å². The Labute approximate surface area is 194 Å². The van der Waals surface area contributed by atoms with Crippen LogP contribution in [0.25, 0.3) is 11.0 Å². The molecule has 0 saturated heterocycles. The van der Waals surface area contributed by atoms with Gasteiger partial charge in [0, 0.05) is 5.39 Å². The van der Waals surface area contributed by atoms with Crippen LogP contribution in [0.3, 0.4) is 0 Å². The number of amides is 1. The van der Waals surface area contributed by atoms with E-state index in [-0.39, 0.29) is 16.0 Å². The number of benzene rings is 3. The summed E-state index contributed by atoms with van der Waals surface area (Å²) in [4.78, 5) is 15.2. The Hall–Kier alpha value is -3.82.